The van der Waals surface area contributed by atoms with Crippen molar-refractivity contribution in [2.24, 2.45) is 5.92 Å². The first-order chi connectivity index (χ1) is 8.70. The van der Waals surface area contributed by atoms with Gasteiger partial charge in [0.05, 0.1) is 0 Å². The van der Waals surface area contributed by atoms with Gasteiger partial charge in [-0.3, -0.25) is 4.79 Å². The quantitative estimate of drug-likeness (QED) is 0.840. The number of nitrogens with one attached hydrogen (secondary N) is 1. The highest BCUT2D eigenvalue weighted by atomic mass is 35.5. The van der Waals surface area contributed by atoms with E-state index in [4.69, 9.17) is 11.6 Å². The Labute approximate surface area is 112 Å². The molecule has 0 saturated heterocycles. The zero-order valence-corrected chi connectivity index (χ0v) is 11.1. The number of carbonyl (C=O) groups excluding carboxylic acids is 1. The Kier molecular flexibility index (Phi) is 4.21. The standard InChI is InChI=1S/C15H16ClNO/c1-11(9-16)10-17-15(18)14-7-6-12-4-2-3-5-13(12)8-14/h2-8,11H,9-10H2,1H3,(H,17,18). The van der Waals surface area contributed by atoms with Crippen molar-refractivity contribution in [1.29, 1.82) is 0 Å². The van der Waals surface area contributed by atoms with Gasteiger partial charge in [-0.05, 0) is 28.8 Å². The largest absolute Gasteiger partial charge is 0.352 e. The topological polar surface area (TPSA) is 29.1 Å². The van der Waals surface area contributed by atoms with Crippen LogP contribution in [0, 0.1) is 5.92 Å². The van der Waals surface area contributed by atoms with E-state index in [-0.39, 0.29) is 11.8 Å². The van der Waals surface area contributed by atoms with Crippen LogP contribution in [0.5, 0.6) is 0 Å². The van der Waals surface area contributed by atoms with Crippen molar-refractivity contribution in [1.82, 2.24) is 5.32 Å². The molecule has 2 aromatic carbocycles. The lowest BCUT2D eigenvalue weighted by molar-refractivity contribution is 0.0949. The number of hydrogen-bond donors (Lipinski definition) is 1. The van der Waals surface area contributed by atoms with Crippen molar-refractivity contribution in [3.8, 4) is 0 Å². The van der Waals surface area contributed by atoms with Gasteiger partial charge in [0, 0.05) is 18.0 Å². The van der Waals surface area contributed by atoms with Gasteiger partial charge in [0.15, 0.2) is 0 Å². The van der Waals surface area contributed by atoms with Gasteiger partial charge in [0.25, 0.3) is 5.91 Å². The third-order valence-electron chi connectivity index (χ3n) is 2.89. The molecular weight excluding hydrogens is 246 g/mol. The predicted octanol–water partition coefficient (Wildman–Crippen LogP) is 3.44. The van der Waals surface area contributed by atoms with Crippen LogP contribution < -0.4 is 5.32 Å². The molecule has 1 amide bonds. The van der Waals surface area contributed by atoms with E-state index in [9.17, 15) is 4.79 Å². The van der Waals surface area contributed by atoms with E-state index < -0.39 is 0 Å². The first-order valence-corrected chi connectivity index (χ1v) is 6.57. The van der Waals surface area contributed by atoms with Gasteiger partial charge in [-0.15, -0.1) is 11.6 Å². The van der Waals surface area contributed by atoms with Crippen molar-refractivity contribution in [3.05, 3.63) is 48.0 Å². The summed E-state index contributed by atoms with van der Waals surface area (Å²) in [5.41, 5.74) is 0.690. The van der Waals surface area contributed by atoms with E-state index in [1.165, 1.54) is 0 Å². The first-order valence-electron chi connectivity index (χ1n) is 6.03. The van der Waals surface area contributed by atoms with Crippen LogP contribution in [-0.2, 0) is 0 Å². The molecule has 1 atom stereocenters. The van der Waals surface area contributed by atoms with Crippen molar-refractivity contribution in [2.45, 2.75) is 6.92 Å². The minimum Gasteiger partial charge on any atom is -0.352 e. The number of carbonyl (C=O) groups is 1. The molecule has 0 aliphatic carbocycles. The molecular formula is C15H16ClNO. The maximum atomic E-state index is 12.0. The lowest BCUT2D eigenvalue weighted by Gasteiger charge is -2.09. The van der Waals surface area contributed by atoms with Crippen LogP contribution in [0.4, 0.5) is 0 Å². The molecule has 94 valence electrons. The smallest absolute Gasteiger partial charge is 0.251 e. The summed E-state index contributed by atoms with van der Waals surface area (Å²) in [6, 6.07) is 13.7. The van der Waals surface area contributed by atoms with Gasteiger partial charge in [-0.1, -0.05) is 37.3 Å². The average Bonchev–Trinajstić information content (AvgIpc) is 2.43. The van der Waals surface area contributed by atoms with Crippen molar-refractivity contribution < 1.29 is 4.79 Å². The van der Waals surface area contributed by atoms with Gasteiger partial charge >= 0.3 is 0 Å². The maximum Gasteiger partial charge on any atom is 0.251 e. The SMILES string of the molecule is CC(CCl)CNC(=O)c1ccc2ccccc2c1. The van der Waals surface area contributed by atoms with Crippen LogP contribution >= 0.6 is 11.6 Å². The van der Waals surface area contributed by atoms with Crippen LogP contribution in [0.15, 0.2) is 42.5 Å². The summed E-state index contributed by atoms with van der Waals surface area (Å²) in [6.45, 7) is 2.61. The van der Waals surface area contributed by atoms with E-state index in [0.29, 0.717) is 18.0 Å². The van der Waals surface area contributed by atoms with Gasteiger partial charge < -0.3 is 5.32 Å². The molecule has 0 spiro atoms. The second-order valence-electron chi connectivity index (χ2n) is 4.53. The predicted molar refractivity (Wildman–Crippen MR) is 76.2 cm³/mol. The minimum absolute atomic E-state index is 0.0438. The van der Waals surface area contributed by atoms with Crippen molar-refractivity contribution in [3.63, 3.8) is 0 Å². The summed E-state index contributed by atoms with van der Waals surface area (Å²) in [5.74, 6) is 0.798. The number of benzene rings is 2. The highest BCUT2D eigenvalue weighted by Gasteiger charge is 2.07. The minimum atomic E-state index is -0.0438. The fourth-order valence-electron chi connectivity index (χ4n) is 1.75. The Morgan fingerprint density at radius 2 is 1.94 bits per heavy atom. The maximum absolute atomic E-state index is 12.0. The zero-order chi connectivity index (χ0) is 13.0. The highest BCUT2D eigenvalue weighted by molar-refractivity contribution is 6.18. The molecule has 0 aromatic heterocycles. The van der Waals surface area contributed by atoms with E-state index >= 15 is 0 Å². The van der Waals surface area contributed by atoms with E-state index in [1.807, 2.05) is 49.4 Å². The lowest BCUT2D eigenvalue weighted by atomic mass is 10.1. The fourth-order valence-corrected chi connectivity index (χ4v) is 1.86. The summed E-state index contributed by atoms with van der Waals surface area (Å²) >= 11 is 5.71. The van der Waals surface area contributed by atoms with E-state index in [0.717, 1.165) is 10.8 Å². The number of rotatable bonds is 4. The number of fused-ring (bicyclic) bond motifs is 1. The highest BCUT2D eigenvalue weighted by Crippen LogP contribution is 2.15. The zero-order valence-electron chi connectivity index (χ0n) is 10.3. The molecule has 0 bridgehead atoms. The molecule has 2 rings (SSSR count). The first kappa shape index (κ1) is 12.9. The molecule has 0 aliphatic rings. The summed E-state index contributed by atoms with van der Waals surface area (Å²) in [6.07, 6.45) is 0. The molecule has 3 heteroatoms. The molecule has 0 fully saturated rings. The summed E-state index contributed by atoms with van der Waals surface area (Å²) in [5, 5.41) is 5.11. The third-order valence-corrected chi connectivity index (χ3v) is 3.41. The molecule has 0 aliphatic heterocycles. The van der Waals surface area contributed by atoms with E-state index in [1.54, 1.807) is 0 Å². The Bertz CT molecular complexity index is 553. The number of halogens is 1. The molecule has 2 nitrogen and oxygen atoms in total. The Morgan fingerprint density at radius 3 is 2.67 bits per heavy atom. The lowest BCUT2D eigenvalue weighted by Crippen LogP contribution is -2.28. The summed E-state index contributed by atoms with van der Waals surface area (Å²) in [7, 11) is 0. The molecule has 0 saturated carbocycles. The molecule has 2 aromatic rings. The number of hydrogen-bond acceptors (Lipinski definition) is 1. The second-order valence-corrected chi connectivity index (χ2v) is 4.84. The fraction of sp³-hybridized carbons (Fsp3) is 0.267. The molecule has 1 N–H and O–H groups in total. The number of amides is 1. The van der Waals surface area contributed by atoms with Crippen LogP contribution in [0.2, 0.25) is 0 Å². The van der Waals surface area contributed by atoms with E-state index in [2.05, 4.69) is 5.32 Å². The van der Waals surface area contributed by atoms with Crippen molar-refractivity contribution in [2.75, 3.05) is 12.4 Å². The number of alkyl halides is 1. The Hall–Kier alpha value is -1.54. The Balaban J connectivity index is 2.13. The van der Waals surface area contributed by atoms with Crippen molar-refractivity contribution >= 4 is 28.3 Å². The van der Waals surface area contributed by atoms with Gasteiger partial charge in [0.2, 0.25) is 0 Å². The average molecular weight is 262 g/mol. The summed E-state index contributed by atoms with van der Waals surface area (Å²) < 4.78 is 0. The molecule has 18 heavy (non-hydrogen) atoms. The van der Waals surface area contributed by atoms with Gasteiger partial charge in [-0.25, -0.2) is 0 Å². The van der Waals surface area contributed by atoms with Gasteiger partial charge in [0.1, 0.15) is 0 Å². The van der Waals surface area contributed by atoms with Crippen LogP contribution in [-0.4, -0.2) is 18.3 Å². The molecule has 0 heterocycles. The van der Waals surface area contributed by atoms with Gasteiger partial charge in [-0.2, -0.15) is 0 Å². The second kappa shape index (κ2) is 5.87. The Morgan fingerprint density at radius 1 is 1.22 bits per heavy atom. The van der Waals surface area contributed by atoms with Crippen LogP contribution in [0.3, 0.4) is 0 Å². The normalized spacial score (nSPS) is 12.3. The molecule has 1 unspecified atom stereocenters. The molecule has 0 radical (unpaired) electrons. The third kappa shape index (κ3) is 3.02. The van der Waals surface area contributed by atoms with Crippen LogP contribution in [0.25, 0.3) is 10.8 Å². The summed E-state index contributed by atoms with van der Waals surface area (Å²) in [4.78, 5) is 12.0. The monoisotopic (exact) mass is 261 g/mol. The van der Waals surface area contributed by atoms with Crippen LogP contribution in [0.1, 0.15) is 17.3 Å².